The Morgan fingerprint density at radius 2 is 1.74 bits per heavy atom. The molecule has 5 nitrogen and oxygen atoms in total. The summed E-state index contributed by atoms with van der Waals surface area (Å²) in [5, 5.41) is 2.73. The number of hydrogen-bond acceptors (Lipinski definition) is 4. The molecule has 1 N–H and O–H groups in total. The zero-order chi connectivity index (χ0) is 14.3. The first kappa shape index (κ1) is 15.8. The standard InChI is InChI=1S/C14H25NO4/c1-10(2)13(16)18-11(3)19-14(17)15-9-12-7-5-4-6-8-12/h10-12H,4-9H2,1-3H3,(H,15,17)/t11-/m1/s1. The highest BCUT2D eigenvalue weighted by Crippen LogP contribution is 2.22. The second kappa shape index (κ2) is 8.02. The molecule has 0 aliphatic heterocycles. The van der Waals surface area contributed by atoms with Gasteiger partial charge in [-0.25, -0.2) is 4.79 Å². The van der Waals surface area contributed by atoms with Crippen LogP contribution in [0.2, 0.25) is 0 Å². The van der Waals surface area contributed by atoms with Crippen molar-refractivity contribution in [2.75, 3.05) is 6.54 Å². The van der Waals surface area contributed by atoms with Crippen LogP contribution in [0.5, 0.6) is 0 Å². The van der Waals surface area contributed by atoms with E-state index in [-0.39, 0.29) is 11.9 Å². The van der Waals surface area contributed by atoms with Crippen molar-refractivity contribution in [1.82, 2.24) is 5.32 Å². The highest BCUT2D eigenvalue weighted by atomic mass is 16.7. The number of esters is 1. The van der Waals surface area contributed by atoms with E-state index in [9.17, 15) is 9.59 Å². The van der Waals surface area contributed by atoms with Crippen molar-refractivity contribution in [2.45, 2.75) is 59.2 Å². The summed E-state index contributed by atoms with van der Waals surface area (Å²) in [6, 6.07) is 0. The summed E-state index contributed by atoms with van der Waals surface area (Å²) in [6.45, 7) is 5.65. The van der Waals surface area contributed by atoms with Crippen LogP contribution in [0.15, 0.2) is 0 Å². The van der Waals surface area contributed by atoms with E-state index >= 15 is 0 Å². The molecular weight excluding hydrogens is 246 g/mol. The maximum Gasteiger partial charge on any atom is 0.410 e. The van der Waals surface area contributed by atoms with Crippen molar-refractivity contribution >= 4 is 12.1 Å². The summed E-state index contributed by atoms with van der Waals surface area (Å²) in [5.74, 6) is -0.0428. The Kier molecular flexibility index (Phi) is 6.67. The lowest BCUT2D eigenvalue weighted by atomic mass is 9.89. The minimum atomic E-state index is -0.846. The molecule has 1 aliphatic carbocycles. The van der Waals surface area contributed by atoms with Crippen LogP contribution in [0.1, 0.15) is 52.9 Å². The third-order valence-electron chi connectivity index (χ3n) is 3.29. The number of hydrogen-bond donors (Lipinski definition) is 1. The van der Waals surface area contributed by atoms with Gasteiger partial charge in [-0.1, -0.05) is 33.1 Å². The van der Waals surface area contributed by atoms with E-state index in [1.807, 2.05) is 0 Å². The molecule has 0 spiro atoms. The summed E-state index contributed by atoms with van der Waals surface area (Å²) in [5.41, 5.74) is 0. The van der Waals surface area contributed by atoms with Crippen molar-refractivity contribution in [3.8, 4) is 0 Å². The Hall–Kier alpha value is -1.26. The summed E-state index contributed by atoms with van der Waals surface area (Å²) >= 11 is 0. The normalized spacial score (nSPS) is 17.9. The molecule has 0 heterocycles. The van der Waals surface area contributed by atoms with Gasteiger partial charge in [0, 0.05) is 13.5 Å². The maximum atomic E-state index is 11.5. The van der Waals surface area contributed by atoms with Gasteiger partial charge in [-0.05, 0) is 18.8 Å². The van der Waals surface area contributed by atoms with Crippen molar-refractivity contribution in [2.24, 2.45) is 11.8 Å². The minimum Gasteiger partial charge on any atom is -0.425 e. The van der Waals surface area contributed by atoms with Crippen LogP contribution in [0.4, 0.5) is 4.79 Å². The zero-order valence-electron chi connectivity index (χ0n) is 12.1. The molecule has 19 heavy (non-hydrogen) atoms. The average Bonchev–Trinajstić information content (AvgIpc) is 2.37. The fourth-order valence-electron chi connectivity index (χ4n) is 2.14. The quantitative estimate of drug-likeness (QED) is 0.617. The van der Waals surface area contributed by atoms with Crippen molar-refractivity contribution in [3.63, 3.8) is 0 Å². The maximum absolute atomic E-state index is 11.5. The monoisotopic (exact) mass is 271 g/mol. The van der Waals surface area contributed by atoms with Gasteiger partial charge in [0.05, 0.1) is 5.92 Å². The fourth-order valence-corrected chi connectivity index (χ4v) is 2.14. The smallest absolute Gasteiger partial charge is 0.410 e. The van der Waals surface area contributed by atoms with Crippen LogP contribution in [-0.4, -0.2) is 24.9 Å². The lowest BCUT2D eigenvalue weighted by Gasteiger charge is -2.22. The summed E-state index contributed by atoms with van der Waals surface area (Å²) in [6.07, 6.45) is 4.74. The Morgan fingerprint density at radius 1 is 1.11 bits per heavy atom. The van der Waals surface area contributed by atoms with Crippen LogP contribution in [0.25, 0.3) is 0 Å². The van der Waals surface area contributed by atoms with Crippen LogP contribution < -0.4 is 5.32 Å². The third-order valence-corrected chi connectivity index (χ3v) is 3.29. The molecule has 110 valence electrons. The van der Waals surface area contributed by atoms with Gasteiger partial charge in [0.1, 0.15) is 0 Å². The number of amides is 1. The largest absolute Gasteiger partial charge is 0.425 e. The van der Waals surface area contributed by atoms with Gasteiger partial charge in [-0.15, -0.1) is 0 Å². The molecule has 1 aliphatic rings. The topological polar surface area (TPSA) is 64.6 Å². The van der Waals surface area contributed by atoms with Gasteiger partial charge >= 0.3 is 12.1 Å². The first-order chi connectivity index (χ1) is 8.99. The van der Waals surface area contributed by atoms with E-state index in [1.54, 1.807) is 20.8 Å². The average molecular weight is 271 g/mol. The molecule has 0 aromatic heterocycles. The third kappa shape index (κ3) is 6.45. The van der Waals surface area contributed by atoms with Crippen LogP contribution in [0.3, 0.4) is 0 Å². The van der Waals surface area contributed by atoms with E-state index < -0.39 is 12.4 Å². The first-order valence-electron chi connectivity index (χ1n) is 7.14. The Labute approximate surface area is 115 Å². The van der Waals surface area contributed by atoms with E-state index in [1.165, 1.54) is 19.3 Å². The predicted octanol–water partition coefficient (Wildman–Crippen LogP) is 2.84. The van der Waals surface area contributed by atoms with Gasteiger partial charge in [-0.3, -0.25) is 4.79 Å². The highest BCUT2D eigenvalue weighted by Gasteiger charge is 2.18. The highest BCUT2D eigenvalue weighted by molar-refractivity contribution is 5.72. The van der Waals surface area contributed by atoms with Gasteiger partial charge < -0.3 is 14.8 Å². The molecule has 0 radical (unpaired) electrons. The molecule has 0 saturated heterocycles. The second-order valence-corrected chi connectivity index (χ2v) is 5.45. The van der Waals surface area contributed by atoms with Crippen LogP contribution in [-0.2, 0) is 14.3 Å². The summed E-state index contributed by atoms with van der Waals surface area (Å²) < 4.78 is 9.92. The number of carbonyl (C=O) groups excluding carboxylic acids is 2. The molecular formula is C14H25NO4. The molecule has 5 heteroatoms. The number of nitrogens with one attached hydrogen (secondary N) is 1. The predicted molar refractivity (Wildman–Crippen MR) is 71.5 cm³/mol. The lowest BCUT2D eigenvalue weighted by Crippen LogP contribution is -2.34. The van der Waals surface area contributed by atoms with E-state index in [0.29, 0.717) is 12.5 Å². The minimum absolute atomic E-state index is 0.226. The zero-order valence-corrected chi connectivity index (χ0v) is 12.1. The Balaban J connectivity index is 2.17. The number of carbonyl (C=O) groups is 2. The molecule has 0 aromatic rings. The van der Waals surface area contributed by atoms with Crippen molar-refractivity contribution < 1.29 is 19.1 Å². The molecule has 0 bridgehead atoms. The molecule has 1 amide bonds. The van der Waals surface area contributed by atoms with Crippen LogP contribution >= 0.6 is 0 Å². The molecule has 0 aromatic carbocycles. The van der Waals surface area contributed by atoms with E-state index in [4.69, 9.17) is 9.47 Å². The molecule has 1 saturated carbocycles. The molecule has 0 unspecified atom stereocenters. The SMILES string of the molecule is CC(C)C(=O)O[C@@H](C)OC(=O)NCC1CCCCC1. The summed E-state index contributed by atoms with van der Waals surface area (Å²) in [4.78, 5) is 22.8. The van der Waals surface area contributed by atoms with Gasteiger partial charge in [0.2, 0.25) is 6.29 Å². The number of rotatable bonds is 5. The molecule has 1 atom stereocenters. The van der Waals surface area contributed by atoms with E-state index in [2.05, 4.69) is 5.32 Å². The van der Waals surface area contributed by atoms with Crippen molar-refractivity contribution in [1.29, 1.82) is 0 Å². The fraction of sp³-hybridized carbons (Fsp3) is 0.857. The van der Waals surface area contributed by atoms with Gasteiger partial charge in [0.25, 0.3) is 0 Å². The van der Waals surface area contributed by atoms with Crippen LogP contribution in [0, 0.1) is 11.8 Å². The number of alkyl carbamates (subject to hydrolysis) is 1. The Morgan fingerprint density at radius 3 is 2.32 bits per heavy atom. The van der Waals surface area contributed by atoms with Gasteiger partial charge in [0.15, 0.2) is 0 Å². The molecule has 1 fully saturated rings. The lowest BCUT2D eigenvalue weighted by molar-refractivity contribution is -0.168. The number of ether oxygens (including phenoxy) is 2. The Bertz CT molecular complexity index is 298. The van der Waals surface area contributed by atoms with Gasteiger partial charge in [-0.2, -0.15) is 0 Å². The molecule has 1 rings (SSSR count). The van der Waals surface area contributed by atoms with E-state index in [0.717, 1.165) is 12.8 Å². The second-order valence-electron chi connectivity index (χ2n) is 5.45. The summed E-state index contributed by atoms with van der Waals surface area (Å²) in [7, 11) is 0. The van der Waals surface area contributed by atoms with Crippen molar-refractivity contribution in [3.05, 3.63) is 0 Å². The first-order valence-corrected chi connectivity index (χ1v) is 7.14.